The van der Waals surface area contributed by atoms with Crippen molar-refractivity contribution >= 4 is 33.3 Å². The lowest BCUT2D eigenvalue weighted by Gasteiger charge is -2.13. The topological polar surface area (TPSA) is 98.0 Å². The highest BCUT2D eigenvalue weighted by Crippen LogP contribution is 2.26. The van der Waals surface area contributed by atoms with Gasteiger partial charge in [0.15, 0.2) is 0 Å². The van der Waals surface area contributed by atoms with Crippen LogP contribution in [0.4, 0.5) is 11.6 Å². The molecule has 0 atom stereocenters. The number of aryl methyl sites for hydroxylation is 2. The number of hydrogen-bond donors (Lipinski definition) is 2. The second kappa shape index (κ2) is 5.50. The summed E-state index contributed by atoms with van der Waals surface area (Å²) in [5.41, 5.74) is 7.83. The summed E-state index contributed by atoms with van der Waals surface area (Å²) in [5, 5.41) is 0.168. The van der Waals surface area contributed by atoms with Crippen LogP contribution in [0, 0.1) is 20.8 Å². The molecule has 0 saturated heterocycles. The van der Waals surface area contributed by atoms with Gasteiger partial charge in [-0.3, -0.25) is 0 Å². The minimum Gasteiger partial charge on any atom is -0.398 e. The average Bonchev–Trinajstić information content (AvgIpc) is 2.32. The summed E-state index contributed by atoms with van der Waals surface area (Å²) in [6.45, 7) is 5.05. The van der Waals surface area contributed by atoms with Crippen LogP contribution in [0.5, 0.6) is 0 Å². The van der Waals surface area contributed by atoms with Gasteiger partial charge in [0.1, 0.15) is 5.15 Å². The standard InChI is InChI=1S/C13H15ClN4O2S/c1-7-4-5-10(15)9(3)12(7)21(19,20)18-13-16-8(2)6-11(14)17-13/h4-6H,15H2,1-3H3,(H,16,17,18). The van der Waals surface area contributed by atoms with Gasteiger partial charge < -0.3 is 5.73 Å². The maximum Gasteiger partial charge on any atom is 0.264 e. The summed E-state index contributed by atoms with van der Waals surface area (Å²) in [4.78, 5) is 8.00. The molecule has 0 radical (unpaired) electrons. The summed E-state index contributed by atoms with van der Waals surface area (Å²) >= 11 is 5.81. The molecule has 2 rings (SSSR count). The number of nitrogens with one attached hydrogen (secondary N) is 1. The van der Waals surface area contributed by atoms with Gasteiger partial charge >= 0.3 is 0 Å². The van der Waals surface area contributed by atoms with Crippen molar-refractivity contribution in [1.82, 2.24) is 9.97 Å². The molecule has 6 nitrogen and oxygen atoms in total. The van der Waals surface area contributed by atoms with Crippen LogP contribution in [0.2, 0.25) is 5.15 Å². The average molecular weight is 327 g/mol. The number of benzene rings is 1. The van der Waals surface area contributed by atoms with Crippen molar-refractivity contribution < 1.29 is 8.42 Å². The Kier molecular flexibility index (Phi) is 4.06. The molecule has 0 aliphatic carbocycles. The number of nitrogen functional groups attached to an aromatic ring is 1. The predicted molar refractivity (Wildman–Crippen MR) is 82.9 cm³/mol. The van der Waals surface area contributed by atoms with Crippen LogP contribution in [-0.4, -0.2) is 18.4 Å². The van der Waals surface area contributed by atoms with Crippen molar-refractivity contribution in [3.8, 4) is 0 Å². The molecule has 8 heteroatoms. The van der Waals surface area contributed by atoms with Gasteiger partial charge in [0.05, 0.1) is 4.90 Å². The Labute approximate surface area is 128 Å². The molecular weight excluding hydrogens is 312 g/mol. The molecule has 0 aliphatic heterocycles. The van der Waals surface area contributed by atoms with Crippen LogP contribution in [0.1, 0.15) is 16.8 Å². The number of aromatic nitrogens is 2. The van der Waals surface area contributed by atoms with Crippen molar-refractivity contribution in [2.75, 3.05) is 10.5 Å². The molecule has 0 amide bonds. The highest BCUT2D eigenvalue weighted by molar-refractivity contribution is 7.92. The Balaban J connectivity index is 2.51. The lowest BCUT2D eigenvalue weighted by molar-refractivity contribution is 0.599. The third-order valence-electron chi connectivity index (χ3n) is 2.96. The highest BCUT2D eigenvalue weighted by Gasteiger charge is 2.22. The second-order valence-electron chi connectivity index (χ2n) is 4.69. The van der Waals surface area contributed by atoms with Gasteiger partial charge in [-0.25, -0.2) is 23.1 Å². The molecule has 2 aromatic rings. The van der Waals surface area contributed by atoms with Crippen LogP contribution in [0.15, 0.2) is 23.1 Å². The van der Waals surface area contributed by atoms with Gasteiger partial charge in [-0.05, 0) is 44.0 Å². The van der Waals surface area contributed by atoms with E-state index in [0.717, 1.165) is 0 Å². The Morgan fingerprint density at radius 2 is 1.86 bits per heavy atom. The summed E-state index contributed by atoms with van der Waals surface area (Å²) in [6, 6.07) is 4.86. The molecule has 1 heterocycles. The van der Waals surface area contributed by atoms with Gasteiger partial charge in [-0.2, -0.15) is 0 Å². The molecule has 0 bridgehead atoms. The molecule has 0 aliphatic rings. The van der Waals surface area contributed by atoms with E-state index in [9.17, 15) is 8.42 Å². The normalized spacial score (nSPS) is 11.4. The highest BCUT2D eigenvalue weighted by atomic mass is 35.5. The maximum atomic E-state index is 12.5. The van der Waals surface area contributed by atoms with E-state index in [1.165, 1.54) is 6.07 Å². The number of sulfonamides is 1. The van der Waals surface area contributed by atoms with Crippen LogP contribution in [0.25, 0.3) is 0 Å². The van der Waals surface area contributed by atoms with E-state index in [1.54, 1.807) is 32.9 Å². The van der Waals surface area contributed by atoms with Crippen molar-refractivity contribution in [3.05, 3.63) is 40.2 Å². The summed E-state index contributed by atoms with van der Waals surface area (Å²) in [6.07, 6.45) is 0. The lowest BCUT2D eigenvalue weighted by Crippen LogP contribution is -2.18. The predicted octanol–water partition coefficient (Wildman–Crippen LogP) is 2.44. The quantitative estimate of drug-likeness (QED) is 0.666. The molecule has 0 saturated carbocycles. The molecule has 112 valence electrons. The van der Waals surface area contributed by atoms with E-state index in [0.29, 0.717) is 22.5 Å². The summed E-state index contributed by atoms with van der Waals surface area (Å²) in [7, 11) is -3.84. The number of nitrogens with zero attached hydrogens (tertiary/aromatic N) is 2. The minimum atomic E-state index is -3.84. The monoisotopic (exact) mass is 326 g/mol. The first-order valence-corrected chi connectivity index (χ1v) is 7.96. The SMILES string of the molecule is Cc1cc(Cl)nc(NS(=O)(=O)c2c(C)ccc(N)c2C)n1. The minimum absolute atomic E-state index is 0.0683. The third kappa shape index (κ3) is 3.25. The number of halogens is 1. The van der Waals surface area contributed by atoms with E-state index < -0.39 is 10.0 Å². The molecule has 1 aromatic heterocycles. The fourth-order valence-corrected chi connectivity index (χ4v) is 3.69. The Morgan fingerprint density at radius 1 is 1.19 bits per heavy atom. The van der Waals surface area contributed by atoms with Gasteiger partial charge in [-0.1, -0.05) is 17.7 Å². The molecule has 0 fully saturated rings. The van der Waals surface area contributed by atoms with Crippen molar-refractivity contribution in [3.63, 3.8) is 0 Å². The maximum absolute atomic E-state index is 12.5. The van der Waals surface area contributed by atoms with Gasteiger partial charge in [0.2, 0.25) is 5.95 Å². The molecular formula is C13H15ClN4O2S. The number of rotatable bonds is 3. The molecule has 1 aromatic carbocycles. The zero-order valence-electron chi connectivity index (χ0n) is 11.8. The molecule has 3 N–H and O–H groups in total. The van der Waals surface area contributed by atoms with E-state index in [-0.39, 0.29) is 16.0 Å². The summed E-state index contributed by atoms with van der Waals surface area (Å²) in [5.74, 6) is -0.0683. The zero-order valence-corrected chi connectivity index (χ0v) is 13.4. The van der Waals surface area contributed by atoms with Gasteiger partial charge in [0, 0.05) is 11.4 Å². The van der Waals surface area contributed by atoms with Crippen molar-refractivity contribution in [2.45, 2.75) is 25.7 Å². The molecule has 0 spiro atoms. The van der Waals surface area contributed by atoms with Gasteiger partial charge in [0.25, 0.3) is 10.0 Å². The molecule has 0 unspecified atom stereocenters. The smallest absolute Gasteiger partial charge is 0.264 e. The van der Waals surface area contributed by atoms with E-state index >= 15 is 0 Å². The van der Waals surface area contributed by atoms with E-state index in [4.69, 9.17) is 17.3 Å². The first kappa shape index (κ1) is 15.5. The van der Waals surface area contributed by atoms with E-state index in [1.807, 2.05) is 0 Å². The Bertz CT molecular complexity index is 786. The first-order chi connectivity index (χ1) is 9.70. The fraction of sp³-hybridized carbons (Fsp3) is 0.231. The van der Waals surface area contributed by atoms with Gasteiger partial charge in [-0.15, -0.1) is 0 Å². The lowest BCUT2D eigenvalue weighted by atomic mass is 10.1. The van der Waals surface area contributed by atoms with Crippen LogP contribution in [-0.2, 0) is 10.0 Å². The third-order valence-corrected chi connectivity index (χ3v) is 4.77. The van der Waals surface area contributed by atoms with Crippen LogP contribution in [0.3, 0.4) is 0 Å². The zero-order chi connectivity index (χ0) is 15.8. The number of anilines is 2. The van der Waals surface area contributed by atoms with E-state index in [2.05, 4.69) is 14.7 Å². The largest absolute Gasteiger partial charge is 0.398 e. The van der Waals surface area contributed by atoms with Crippen molar-refractivity contribution in [1.29, 1.82) is 0 Å². The Morgan fingerprint density at radius 3 is 2.48 bits per heavy atom. The number of hydrogen-bond acceptors (Lipinski definition) is 5. The molecule has 21 heavy (non-hydrogen) atoms. The van der Waals surface area contributed by atoms with Crippen molar-refractivity contribution in [2.24, 2.45) is 0 Å². The summed E-state index contributed by atoms with van der Waals surface area (Å²) < 4.78 is 27.4. The Hall–Kier alpha value is -1.86. The van der Waals surface area contributed by atoms with Crippen LogP contribution >= 0.6 is 11.6 Å². The second-order valence-corrected chi connectivity index (χ2v) is 6.69. The van der Waals surface area contributed by atoms with Crippen LogP contribution < -0.4 is 10.5 Å². The fourth-order valence-electron chi connectivity index (χ4n) is 2.00. The number of nitrogens with two attached hydrogens (primary N) is 1. The first-order valence-electron chi connectivity index (χ1n) is 6.10.